The third-order valence-electron chi connectivity index (χ3n) is 2.04. The summed E-state index contributed by atoms with van der Waals surface area (Å²) in [6.45, 7) is 1.51. The van der Waals surface area contributed by atoms with Crippen LogP contribution in [-0.2, 0) is 13.1 Å². The Morgan fingerprint density at radius 1 is 1.53 bits per heavy atom. The average Bonchev–Trinajstić information content (AvgIpc) is 2.79. The van der Waals surface area contributed by atoms with Crippen LogP contribution < -0.4 is 5.73 Å². The fourth-order valence-corrected chi connectivity index (χ4v) is 1.77. The van der Waals surface area contributed by atoms with Gasteiger partial charge in [-0.05, 0) is 13.1 Å². The molecule has 80 valence electrons. The van der Waals surface area contributed by atoms with Crippen LogP contribution in [0, 0.1) is 0 Å². The second-order valence-electron chi connectivity index (χ2n) is 3.39. The van der Waals surface area contributed by atoms with Gasteiger partial charge in [-0.15, -0.1) is 5.10 Å². The van der Waals surface area contributed by atoms with Crippen molar-refractivity contribution in [3.05, 3.63) is 29.9 Å². The fourth-order valence-electron chi connectivity index (χ4n) is 1.33. The van der Waals surface area contributed by atoms with E-state index in [2.05, 4.69) is 14.5 Å². The molecule has 0 aliphatic carbocycles. The van der Waals surface area contributed by atoms with E-state index in [0.29, 0.717) is 11.5 Å². The van der Waals surface area contributed by atoms with Crippen LogP contribution in [0.4, 0.5) is 5.00 Å². The molecule has 0 aliphatic heterocycles. The summed E-state index contributed by atoms with van der Waals surface area (Å²) < 4.78 is 8.79. The van der Waals surface area contributed by atoms with Gasteiger partial charge in [0.15, 0.2) is 0 Å². The summed E-state index contributed by atoms with van der Waals surface area (Å²) in [4.78, 5) is 2.11. The Balaban J connectivity index is 1.93. The molecule has 0 fully saturated rings. The second kappa shape index (κ2) is 4.41. The molecule has 2 aromatic rings. The maximum absolute atomic E-state index is 5.71. The molecule has 0 unspecified atom stereocenters. The van der Waals surface area contributed by atoms with Crippen molar-refractivity contribution in [3.63, 3.8) is 0 Å². The van der Waals surface area contributed by atoms with Gasteiger partial charge >= 0.3 is 0 Å². The number of furan rings is 1. The normalized spacial score (nSPS) is 11.1. The molecule has 0 saturated carbocycles. The van der Waals surface area contributed by atoms with Crippen molar-refractivity contribution in [1.29, 1.82) is 0 Å². The van der Waals surface area contributed by atoms with Crippen molar-refractivity contribution in [2.24, 2.45) is 0 Å². The Morgan fingerprint density at radius 2 is 2.40 bits per heavy atom. The van der Waals surface area contributed by atoms with Gasteiger partial charge in [0.05, 0.1) is 12.5 Å². The van der Waals surface area contributed by atoms with E-state index >= 15 is 0 Å². The second-order valence-corrected chi connectivity index (χ2v) is 4.17. The number of hydrogen-bond acceptors (Lipinski definition) is 6. The van der Waals surface area contributed by atoms with Gasteiger partial charge in [0.25, 0.3) is 0 Å². The standard InChI is InChI=1S/C9H12N4OS/c1-13(4-7-2-3-14-6-7)5-8-9(10)15-12-11-8/h2-3,6H,4-5,10H2,1H3. The molecule has 0 aliphatic rings. The van der Waals surface area contributed by atoms with Crippen LogP contribution in [0.25, 0.3) is 0 Å². The summed E-state index contributed by atoms with van der Waals surface area (Å²) in [7, 11) is 2.01. The molecular formula is C9H12N4OS. The molecule has 2 aromatic heterocycles. The molecule has 0 saturated heterocycles. The molecule has 2 rings (SSSR count). The van der Waals surface area contributed by atoms with E-state index in [-0.39, 0.29) is 0 Å². The van der Waals surface area contributed by atoms with Crippen LogP contribution in [0.5, 0.6) is 0 Å². The number of rotatable bonds is 4. The molecule has 0 radical (unpaired) electrons. The minimum absolute atomic E-state index is 0.689. The Labute approximate surface area is 91.7 Å². The first kappa shape index (κ1) is 10.1. The van der Waals surface area contributed by atoms with Gasteiger partial charge in [0, 0.05) is 30.2 Å². The van der Waals surface area contributed by atoms with E-state index in [0.717, 1.165) is 17.8 Å². The molecule has 6 heteroatoms. The molecule has 0 atom stereocenters. The Kier molecular flexibility index (Phi) is 2.98. The zero-order valence-corrected chi connectivity index (χ0v) is 9.20. The van der Waals surface area contributed by atoms with Crippen molar-refractivity contribution < 1.29 is 4.42 Å². The highest BCUT2D eigenvalue weighted by Crippen LogP contribution is 2.15. The summed E-state index contributed by atoms with van der Waals surface area (Å²) in [6.07, 6.45) is 3.40. The molecular weight excluding hydrogens is 212 g/mol. The summed E-state index contributed by atoms with van der Waals surface area (Å²) >= 11 is 1.23. The highest BCUT2D eigenvalue weighted by molar-refractivity contribution is 7.09. The lowest BCUT2D eigenvalue weighted by Crippen LogP contribution is -2.17. The van der Waals surface area contributed by atoms with Crippen LogP contribution in [-0.4, -0.2) is 21.5 Å². The van der Waals surface area contributed by atoms with E-state index < -0.39 is 0 Å². The van der Waals surface area contributed by atoms with Crippen LogP contribution >= 0.6 is 11.5 Å². The van der Waals surface area contributed by atoms with Crippen LogP contribution in [0.2, 0.25) is 0 Å². The van der Waals surface area contributed by atoms with Gasteiger partial charge in [-0.25, -0.2) is 0 Å². The molecule has 15 heavy (non-hydrogen) atoms. The topological polar surface area (TPSA) is 68.2 Å². The lowest BCUT2D eigenvalue weighted by Gasteiger charge is -2.13. The smallest absolute Gasteiger partial charge is 0.132 e. The van der Waals surface area contributed by atoms with Gasteiger partial charge in [-0.1, -0.05) is 4.49 Å². The molecule has 2 N–H and O–H groups in total. The van der Waals surface area contributed by atoms with Gasteiger partial charge in [-0.2, -0.15) is 0 Å². The van der Waals surface area contributed by atoms with Gasteiger partial charge < -0.3 is 10.2 Å². The van der Waals surface area contributed by atoms with Crippen LogP contribution in [0.15, 0.2) is 23.0 Å². The predicted molar refractivity (Wildman–Crippen MR) is 58.2 cm³/mol. The van der Waals surface area contributed by atoms with Crippen molar-refractivity contribution in [2.45, 2.75) is 13.1 Å². The highest BCUT2D eigenvalue weighted by atomic mass is 32.1. The van der Waals surface area contributed by atoms with E-state index in [9.17, 15) is 0 Å². The third kappa shape index (κ3) is 2.54. The van der Waals surface area contributed by atoms with Crippen molar-refractivity contribution >= 4 is 16.5 Å². The van der Waals surface area contributed by atoms with E-state index in [1.54, 1.807) is 12.5 Å². The molecule has 0 aromatic carbocycles. The maximum Gasteiger partial charge on any atom is 0.132 e. The minimum atomic E-state index is 0.689. The van der Waals surface area contributed by atoms with Crippen molar-refractivity contribution in [3.8, 4) is 0 Å². The number of hydrogen-bond donors (Lipinski definition) is 1. The fraction of sp³-hybridized carbons (Fsp3) is 0.333. The number of nitrogen functional groups attached to an aromatic ring is 1. The molecule has 0 bridgehead atoms. The average molecular weight is 224 g/mol. The quantitative estimate of drug-likeness (QED) is 0.849. The number of anilines is 1. The lowest BCUT2D eigenvalue weighted by atomic mass is 10.3. The van der Waals surface area contributed by atoms with Crippen molar-refractivity contribution in [1.82, 2.24) is 14.5 Å². The molecule has 0 amide bonds. The van der Waals surface area contributed by atoms with Crippen molar-refractivity contribution in [2.75, 3.05) is 12.8 Å². The van der Waals surface area contributed by atoms with Gasteiger partial charge in [-0.3, -0.25) is 4.90 Å². The third-order valence-corrected chi connectivity index (χ3v) is 2.63. The summed E-state index contributed by atoms with van der Waals surface area (Å²) in [6, 6.07) is 1.94. The monoisotopic (exact) mass is 224 g/mol. The Morgan fingerprint density at radius 3 is 3.00 bits per heavy atom. The molecule has 2 heterocycles. The van der Waals surface area contributed by atoms with Gasteiger partial charge in [0.1, 0.15) is 10.7 Å². The molecule has 0 spiro atoms. The summed E-state index contributed by atoms with van der Waals surface area (Å²) in [5, 5.41) is 4.65. The zero-order valence-electron chi connectivity index (χ0n) is 8.38. The first-order valence-electron chi connectivity index (χ1n) is 4.52. The summed E-state index contributed by atoms with van der Waals surface area (Å²) in [5.74, 6) is 0. The van der Waals surface area contributed by atoms with E-state index in [4.69, 9.17) is 10.2 Å². The first-order chi connectivity index (χ1) is 7.25. The van der Waals surface area contributed by atoms with E-state index in [1.807, 2.05) is 13.1 Å². The Bertz CT molecular complexity index is 411. The largest absolute Gasteiger partial charge is 0.472 e. The van der Waals surface area contributed by atoms with Gasteiger partial charge in [0.2, 0.25) is 0 Å². The van der Waals surface area contributed by atoms with E-state index in [1.165, 1.54) is 11.5 Å². The lowest BCUT2D eigenvalue weighted by molar-refractivity contribution is 0.314. The number of nitrogens with zero attached hydrogens (tertiary/aromatic N) is 3. The van der Waals surface area contributed by atoms with Crippen LogP contribution in [0.1, 0.15) is 11.3 Å². The summed E-state index contributed by atoms with van der Waals surface area (Å²) in [5.41, 5.74) is 7.69. The molecule has 5 nitrogen and oxygen atoms in total. The minimum Gasteiger partial charge on any atom is -0.472 e. The van der Waals surface area contributed by atoms with Crippen LogP contribution in [0.3, 0.4) is 0 Å². The number of aromatic nitrogens is 2. The number of nitrogens with two attached hydrogens (primary N) is 1. The first-order valence-corrected chi connectivity index (χ1v) is 5.29. The predicted octanol–water partition coefficient (Wildman–Crippen LogP) is 1.35. The highest BCUT2D eigenvalue weighted by Gasteiger charge is 2.08. The zero-order chi connectivity index (χ0) is 10.7. The Hall–Kier alpha value is -1.40. The SMILES string of the molecule is CN(Cc1ccoc1)Cc1nnsc1N. The maximum atomic E-state index is 5.71.